The first kappa shape index (κ1) is 12.9. The summed E-state index contributed by atoms with van der Waals surface area (Å²) >= 11 is 1.38. The summed E-state index contributed by atoms with van der Waals surface area (Å²) in [4.78, 5) is 14.5. The van der Waals surface area contributed by atoms with Crippen LogP contribution >= 0.6 is 11.3 Å². The normalized spacial score (nSPS) is 11.1. The van der Waals surface area contributed by atoms with Crippen LogP contribution in [0, 0.1) is 28.4 Å². The van der Waals surface area contributed by atoms with Crippen LogP contribution in [0.4, 0.5) is 5.69 Å². The number of nitro benzene ring substituents is 1. The van der Waals surface area contributed by atoms with Gasteiger partial charge in [0.05, 0.1) is 10.5 Å². The van der Waals surface area contributed by atoms with Gasteiger partial charge in [-0.3, -0.25) is 10.1 Å². The van der Waals surface area contributed by atoms with Crippen molar-refractivity contribution in [2.75, 3.05) is 0 Å². The van der Waals surface area contributed by atoms with Crippen molar-refractivity contribution in [2.45, 2.75) is 6.92 Å². The molecule has 0 amide bonds. The molecule has 2 aromatic rings. The quantitative estimate of drug-likeness (QED) is 0.486. The molecule has 0 atom stereocenters. The van der Waals surface area contributed by atoms with E-state index in [0.717, 1.165) is 5.69 Å². The summed E-state index contributed by atoms with van der Waals surface area (Å²) in [7, 11) is 0. The first-order valence-electron chi connectivity index (χ1n) is 5.39. The van der Waals surface area contributed by atoms with Gasteiger partial charge >= 0.3 is 0 Å². The zero-order valence-electron chi connectivity index (χ0n) is 10.0. The Morgan fingerprint density at radius 2 is 2.37 bits per heavy atom. The topological polar surface area (TPSA) is 79.8 Å². The highest BCUT2D eigenvalue weighted by atomic mass is 32.1. The number of nitrogens with zero attached hydrogens (tertiary/aromatic N) is 3. The Labute approximate surface area is 113 Å². The lowest BCUT2D eigenvalue weighted by molar-refractivity contribution is -0.384. The molecule has 0 radical (unpaired) electrons. The summed E-state index contributed by atoms with van der Waals surface area (Å²) in [6.07, 6.45) is 1.60. The summed E-state index contributed by atoms with van der Waals surface area (Å²) in [6.45, 7) is 1.85. The van der Waals surface area contributed by atoms with Gasteiger partial charge in [-0.25, -0.2) is 4.98 Å². The van der Waals surface area contributed by atoms with E-state index in [9.17, 15) is 10.1 Å². The lowest BCUT2D eigenvalue weighted by Gasteiger charge is -1.96. The number of non-ortho nitro benzene ring substituents is 1. The van der Waals surface area contributed by atoms with Crippen LogP contribution in [-0.4, -0.2) is 9.91 Å². The van der Waals surface area contributed by atoms with E-state index >= 15 is 0 Å². The van der Waals surface area contributed by atoms with Crippen molar-refractivity contribution in [3.63, 3.8) is 0 Å². The van der Waals surface area contributed by atoms with Gasteiger partial charge in [-0.1, -0.05) is 12.1 Å². The van der Waals surface area contributed by atoms with Crippen LogP contribution in [0.15, 0.2) is 29.6 Å². The van der Waals surface area contributed by atoms with Crippen molar-refractivity contribution < 1.29 is 4.92 Å². The minimum Gasteiger partial charge on any atom is -0.258 e. The number of rotatable bonds is 3. The zero-order valence-corrected chi connectivity index (χ0v) is 10.8. The fourth-order valence-electron chi connectivity index (χ4n) is 1.51. The molecule has 0 spiro atoms. The molecular formula is C13H9N3O2S. The molecule has 0 fully saturated rings. The first-order chi connectivity index (χ1) is 9.10. The Morgan fingerprint density at radius 3 is 2.95 bits per heavy atom. The molecule has 0 aliphatic rings. The van der Waals surface area contributed by atoms with Crippen molar-refractivity contribution in [2.24, 2.45) is 0 Å². The second-order valence-corrected chi connectivity index (χ2v) is 4.67. The largest absolute Gasteiger partial charge is 0.270 e. The van der Waals surface area contributed by atoms with Crippen LogP contribution in [0.5, 0.6) is 0 Å². The van der Waals surface area contributed by atoms with Crippen LogP contribution in [-0.2, 0) is 0 Å². The monoisotopic (exact) mass is 271 g/mol. The van der Waals surface area contributed by atoms with E-state index in [4.69, 9.17) is 5.26 Å². The third-order valence-corrected chi connectivity index (χ3v) is 3.36. The van der Waals surface area contributed by atoms with Gasteiger partial charge in [-0.2, -0.15) is 5.26 Å². The van der Waals surface area contributed by atoms with E-state index < -0.39 is 4.92 Å². The Hall–Kier alpha value is -2.52. The van der Waals surface area contributed by atoms with Gasteiger partial charge in [-0.15, -0.1) is 11.3 Å². The molecule has 0 N–H and O–H groups in total. The highest BCUT2D eigenvalue weighted by molar-refractivity contribution is 7.11. The van der Waals surface area contributed by atoms with Crippen LogP contribution in [0.2, 0.25) is 0 Å². The van der Waals surface area contributed by atoms with Crippen LogP contribution in [0.1, 0.15) is 16.3 Å². The second-order valence-electron chi connectivity index (χ2n) is 3.82. The summed E-state index contributed by atoms with van der Waals surface area (Å²) < 4.78 is 0. The molecule has 0 unspecified atom stereocenters. The molecule has 5 nitrogen and oxygen atoms in total. The molecule has 1 aromatic heterocycles. The average Bonchev–Trinajstić information content (AvgIpc) is 2.83. The van der Waals surface area contributed by atoms with Crippen LogP contribution in [0.25, 0.3) is 11.6 Å². The number of nitro groups is 1. The molecule has 19 heavy (non-hydrogen) atoms. The molecule has 2 rings (SSSR count). The minimum absolute atomic E-state index is 0.00126. The average molecular weight is 271 g/mol. The highest BCUT2D eigenvalue weighted by Gasteiger charge is 2.08. The third-order valence-electron chi connectivity index (χ3n) is 2.36. The SMILES string of the molecule is Cc1csc(/C(C#N)=C/c2cccc([N+](=O)[O-])c2)n1. The lowest BCUT2D eigenvalue weighted by Crippen LogP contribution is -1.88. The molecule has 0 aliphatic carbocycles. The van der Waals surface area contributed by atoms with Gasteiger partial charge in [0.1, 0.15) is 11.1 Å². The number of hydrogen-bond donors (Lipinski definition) is 0. The molecule has 0 aliphatic heterocycles. The smallest absolute Gasteiger partial charge is 0.258 e. The molecule has 1 aromatic carbocycles. The fraction of sp³-hybridized carbons (Fsp3) is 0.0769. The Morgan fingerprint density at radius 1 is 1.58 bits per heavy atom. The lowest BCUT2D eigenvalue weighted by atomic mass is 10.1. The number of aromatic nitrogens is 1. The number of nitriles is 1. The van der Waals surface area contributed by atoms with Crippen molar-refractivity contribution in [3.05, 3.63) is 56.0 Å². The summed E-state index contributed by atoms with van der Waals surface area (Å²) in [6, 6.07) is 8.21. The zero-order chi connectivity index (χ0) is 13.8. The van der Waals surface area contributed by atoms with Crippen LogP contribution in [0.3, 0.4) is 0 Å². The van der Waals surface area contributed by atoms with Gasteiger partial charge in [-0.05, 0) is 18.6 Å². The van der Waals surface area contributed by atoms with E-state index in [0.29, 0.717) is 16.1 Å². The van der Waals surface area contributed by atoms with Crippen molar-refractivity contribution in [1.29, 1.82) is 5.26 Å². The van der Waals surface area contributed by atoms with Crippen molar-refractivity contribution in [1.82, 2.24) is 4.98 Å². The Bertz CT molecular complexity index is 698. The second kappa shape index (κ2) is 5.42. The maximum absolute atomic E-state index is 10.7. The predicted octanol–water partition coefficient (Wildman–Crippen LogP) is 3.42. The fourth-order valence-corrected chi connectivity index (χ4v) is 2.28. The van der Waals surface area contributed by atoms with E-state index in [1.807, 2.05) is 12.3 Å². The maximum Gasteiger partial charge on any atom is 0.270 e. The van der Waals surface area contributed by atoms with Gasteiger partial charge in [0, 0.05) is 23.2 Å². The molecular weight excluding hydrogens is 262 g/mol. The van der Waals surface area contributed by atoms with Crippen molar-refractivity contribution >= 4 is 28.7 Å². The number of allylic oxidation sites excluding steroid dienone is 1. The number of benzene rings is 1. The molecule has 94 valence electrons. The molecule has 1 heterocycles. The molecule has 0 saturated heterocycles. The maximum atomic E-state index is 10.7. The third kappa shape index (κ3) is 3.03. The summed E-state index contributed by atoms with van der Waals surface area (Å²) in [5.74, 6) is 0. The molecule has 6 heteroatoms. The summed E-state index contributed by atoms with van der Waals surface area (Å²) in [5.41, 5.74) is 1.86. The Kier molecular flexibility index (Phi) is 3.68. The van der Waals surface area contributed by atoms with E-state index in [2.05, 4.69) is 11.1 Å². The standard InChI is InChI=1S/C13H9N3O2S/c1-9-8-19-13(15-9)11(7-14)5-10-3-2-4-12(6-10)16(17)18/h2-6,8H,1H3/b11-5+. The number of hydrogen-bond acceptors (Lipinski definition) is 5. The first-order valence-corrected chi connectivity index (χ1v) is 6.27. The number of thiazole rings is 1. The Balaban J connectivity index is 2.41. The van der Waals surface area contributed by atoms with Gasteiger partial charge in [0.2, 0.25) is 0 Å². The van der Waals surface area contributed by atoms with E-state index in [-0.39, 0.29) is 5.69 Å². The van der Waals surface area contributed by atoms with Gasteiger partial charge in [0.25, 0.3) is 5.69 Å². The van der Waals surface area contributed by atoms with Crippen molar-refractivity contribution in [3.8, 4) is 6.07 Å². The van der Waals surface area contributed by atoms with Gasteiger partial charge in [0.15, 0.2) is 0 Å². The minimum atomic E-state index is -0.461. The van der Waals surface area contributed by atoms with E-state index in [1.165, 1.54) is 23.5 Å². The summed E-state index contributed by atoms with van der Waals surface area (Å²) in [5, 5.41) is 22.3. The van der Waals surface area contributed by atoms with E-state index in [1.54, 1.807) is 18.2 Å². The van der Waals surface area contributed by atoms with Gasteiger partial charge < -0.3 is 0 Å². The highest BCUT2D eigenvalue weighted by Crippen LogP contribution is 2.22. The molecule has 0 bridgehead atoms. The predicted molar refractivity (Wildman–Crippen MR) is 73.4 cm³/mol. The molecule has 0 saturated carbocycles. The number of aryl methyl sites for hydroxylation is 1. The van der Waals surface area contributed by atoms with Crippen LogP contribution < -0.4 is 0 Å².